The Balaban J connectivity index is 2.13. The van der Waals surface area contributed by atoms with Crippen molar-refractivity contribution < 1.29 is 19.0 Å². The van der Waals surface area contributed by atoms with Crippen LogP contribution in [-0.4, -0.2) is 60.8 Å². The molecule has 0 aliphatic heterocycles. The molecule has 2 rings (SSSR count). The molecule has 0 radical (unpaired) electrons. The van der Waals surface area contributed by atoms with Crippen LogP contribution in [0.2, 0.25) is 0 Å². The number of amides is 1. The first-order valence-electron chi connectivity index (χ1n) is 13.7. The Bertz CT molecular complexity index is 1160. The number of nitrogens with zero attached hydrogens (tertiary/aromatic N) is 4. The maximum absolute atomic E-state index is 13.1. The van der Waals surface area contributed by atoms with Crippen molar-refractivity contribution in [2.24, 2.45) is 10.2 Å². The van der Waals surface area contributed by atoms with Crippen molar-refractivity contribution in [3.05, 3.63) is 53.1 Å². The molecule has 218 valence electrons. The number of benzene rings is 2. The smallest absolute Gasteiger partial charge is 0.259 e. The summed E-state index contributed by atoms with van der Waals surface area (Å²) in [6.45, 7) is 14.2. The highest BCUT2D eigenvalue weighted by atomic mass is 32.2. The van der Waals surface area contributed by atoms with Gasteiger partial charge in [0.1, 0.15) is 0 Å². The van der Waals surface area contributed by atoms with E-state index in [0.29, 0.717) is 11.3 Å². The molecule has 2 aromatic rings. The van der Waals surface area contributed by atoms with E-state index in [9.17, 15) is 4.79 Å². The molecule has 2 N–H and O–H groups in total. The summed E-state index contributed by atoms with van der Waals surface area (Å²) in [4.78, 5) is 14.3. The highest BCUT2D eigenvalue weighted by Gasteiger charge is 2.31. The van der Waals surface area contributed by atoms with Crippen LogP contribution in [0, 0.1) is 25.2 Å². The maximum Gasteiger partial charge on any atom is 0.259 e. The lowest BCUT2D eigenvalue weighted by Crippen LogP contribution is -2.46. The van der Waals surface area contributed by atoms with Gasteiger partial charge in [0.2, 0.25) is 1.43 Å². The summed E-state index contributed by atoms with van der Waals surface area (Å²) in [5.41, 5.74) is 4.00. The summed E-state index contributed by atoms with van der Waals surface area (Å²) in [5, 5.41) is 25.3. The van der Waals surface area contributed by atoms with Crippen molar-refractivity contribution in [1.29, 1.82) is 6.69 Å². The van der Waals surface area contributed by atoms with Gasteiger partial charge in [-0.15, -0.1) is 11.8 Å². The highest BCUT2D eigenvalue weighted by Crippen LogP contribution is 2.47. The fourth-order valence-corrected chi connectivity index (χ4v) is 6.36. The van der Waals surface area contributed by atoms with Gasteiger partial charge in [-0.1, -0.05) is 0 Å². The van der Waals surface area contributed by atoms with Crippen molar-refractivity contribution in [2.45, 2.75) is 84.0 Å². The molecular formula is C29H42N5O4PS. The number of hydrogen-bond donors (Lipinski definition) is 2. The van der Waals surface area contributed by atoms with Gasteiger partial charge in [0.05, 0.1) is 49.2 Å². The van der Waals surface area contributed by atoms with Crippen molar-refractivity contribution in [1.82, 2.24) is 9.99 Å². The molecule has 1 amide bonds. The second-order valence-electron chi connectivity index (χ2n) is 9.96. The molecule has 2 aromatic carbocycles. The summed E-state index contributed by atoms with van der Waals surface area (Å²) in [6, 6.07) is 12.8. The number of azo groups is 1. The van der Waals surface area contributed by atoms with Crippen LogP contribution in [0.4, 0.5) is 11.4 Å². The Morgan fingerprint density at radius 1 is 1.15 bits per heavy atom. The van der Waals surface area contributed by atoms with E-state index in [1.807, 2.05) is 27.0 Å². The average Bonchev–Trinajstić information content (AvgIpc) is 2.92. The van der Waals surface area contributed by atoms with Crippen molar-refractivity contribution in [2.75, 3.05) is 19.5 Å². The van der Waals surface area contributed by atoms with E-state index >= 15 is 0 Å². The topological polar surface area (TPSA) is 120 Å². The van der Waals surface area contributed by atoms with Crippen molar-refractivity contribution in [3.8, 4) is 6.07 Å². The summed E-state index contributed by atoms with van der Waals surface area (Å²) in [7, 11) is -1.52. The van der Waals surface area contributed by atoms with Gasteiger partial charge in [0, 0.05) is 22.5 Å². The normalized spacial score (nSPS) is 14.4. The monoisotopic (exact) mass is 588 g/mol. The number of nitriles is 1. The Labute approximate surface area is 245 Å². The standard InChI is InChI=1S/C29H42N5O4PS/c1-19(2)34(20(3)4)39(37-15-9-14-30)38-23(7)27(18-35)31-29(36)24-10-12-25(13-11-24)32-33-28-21(5)16-26(40-8)17-22(28)6/h10-13,16-17,19-20,23,27,35H,9,15,18H2,1-8H3,(H,31,36)/b33-32+/t23-,27-,39?/m0/s1/i35D. The van der Waals surface area contributed by atoms with Crippen LogP contribution in [0.5, 0.6) is 0 Å². The van der Waals surface area contributed by atoms with E-state index in [4.69, 9.17) is 15.7 Å². The van der Waals surface area contributed by atoms with Gasteiger partial charge in [-0.25, -0.2) is 4.67 Å². The third-order valence-corrected chi connectivity index (χ3v) is 9.00. The molecule has 0 aliphatic carbocycles. The first-order valence-corrected chi connectivity index (χ1v) is 15.7. The number of nitrogens with one attached hydrogen (secondary N) is 1. The van der Waals surface area contributed by atoms with E-state index in [1.54, 1.807) is 36.0 Å². The quantitative estimate of drug-likeness (QED) is 0.0920. The predicted octanol–water partition coefficient (Wildman–Crippen LogP) is 7.21. The zero-order valence-electron chi connectivity index (χ0n) is 25.7. The van der Waals surface area contributed by atoms with E-state index in [-0.39, 0.29) is 37.6 Å². The first kappa shape index (κ1) is 32.1. The first-order chi connectivity index (χ1) is 19.5. The number of carbonyl (C=O) groups excluding carboxylic acids is 1. The minimum atomic E-state index is -1.52. The van der Waals surface area contributed by atoms with Gasteiger partial charge in [-0.3, -0.25) is 4.79 Å². The van der Waals surface area contributed by atoms with E-state index < -0.39 is 20.7 Å². The Kier molecular flexibility index (Phi) is 13.5. The number of aryl methyl sites for hydroxylation is 2. The van der Waals surface area contributed by atoms with Crippen LogP contribution in [0.25, 0.3) is 0 Å². The second kappa shape index (κ2) is 16.8. The molecule has 9 nitrogen and oxygen atoms in total. The van der Waals surface area contributed by atoms with Crippen LogP contribution in [0.3, 0.4) is 0 Å². The Morgan fingerprint density at radius 3 is 2.30 bits per heavy atom. The summed E-state index contributed by atoms with van der Waals surface area (Å²) >= 11 is 1.69. The third kappa shape index (κ3) is 9.91. The molecule has 0 aromatic heterocycles. The largest absolute Gasteiger partial charge is 0.394 e. The Morgan fingerprint density at radius 2 is 1.77 bits per heavy atom. The summed E-state index contributed by atoms with van der Waals surface area (Å²) < 4.78 is 21.7. The van der Waals surface area contributed by atoms with Gasteiger partial charge in [-0.2, -0.15) is 15.5 Å². The number of hydrogen-bond acceptors (Lipinski definition) is 9. The molecule has 0 saturated carbocycles. The molecule has 0 aliphatic rings. The molecule has 0 heterocycles. The number of aliphatic hydroxyl groups excluding tert-OH is 1. The minimum Gasteiger partial charge on any atom is -0.394 e. The molecule has 0 spiro atoms. The summed E-state index contributed by atoms with van der Waals surface area (Å²) in [6.07, 6.45) is 1.76. The van der Waals surface area contributed by atoms with Gasteiger partial charge in [-0.05, 0) is 102 Å². The molecule has 1 unspecified atom stereocenters. The second-order valence-corrected chi connectivity index (χ2v) is 12.2. The van der Waals surface area contributed by atoms with Crippen LogP contribution >= 0.6 is 20.3 Å². The average molecular weight is 589 g/mol. The highest BCUT2D eigenvalue weighted by molar-refractivity contribution is 7.98. The Hall–Kier alpha value is -2.38. The zero-order valence-corrected chi connectivity index (χ0v) is 26.4. The lowest BCUT2D eigenvalue weighted by atomic mass is 10.1. The number of rotatable bonds is 16. The van der Waals surface area contributed by atoms with Crippen LogP contribution < -0.4 is 5.32 Å². The molecule has 40 heavy (non-hydrogen) atoms. The molecule has 11 heteroatoms. The zero-order chi connectivity index (χ0) is 30.5. The van der Waals surface area contributed by atoms with Crippen LogP contribution in [-0.2, 0) is 9.05 Å². The third-order valence-electron chi connectivity index (χ3n) is 6.08. The van der Waals surface area contributed by atoms with Crippen LogP contribution in [0.15, 0.2) is 51.5 Å². The van der Waals surface area contributed by atoms with Crippen molar-refractivity contribution in [3.63, 3.8) is 0 Å². The van der Waals surface area contributed by atoms with Crippen molar-refractivity contribution >= 4 is 37.6 Å². The fourth-order valence-electron chi connectivity index (χ4n) is 4.04. The maximum atomic E-state index is 13.1. The molecule has 0 saturated heterocycles. The van der Waals surface area contributed by atoms with Gasteiger partial charge < -0.3 is 19.5 Å². The van der Waals surface area contributed by atoms with Crippen LogP contribution in [0.1, 0.15) is 62.5 Å². The lowest BCUT2D eigenvalue weighted by molar-refractivity contribution is 0.0735. The van der Waals surface area contributed by atoms with Gasteiger partial charge in [0.15, 0.2) is 0 Å². The van der Waals surface area contributed by atoms with E-state index in [1.165, 1.54) is 4.90 Å². The molecule has 0 fully saturated rings. The summed E-state index contributed by atoms with van der Waals surface area (Å²) in [5.74, 6) is -0.329. The van der Waals surface area contributed by atoms with Gasteiger partial charge >= 0.3 is 0 Å². The van der Waals surface area contributed by atoms with E-state index in [0.717, 1.165) is 16.8 Å². The fraction of sp³-hybridized carbons (Fsp3) is 0.517. The molecular weight excluding hydrogens is 545 g/mol. The number of thioether (sulfide) groups is 1. The SMILES string of the molecule is [2H]OC[C@H](NC(=O)c1ccc(/N=N/c2c(C)cc(SC)cc2C)cc1)[C@H](C)OP(OCCC#N)N(C(C)C)C(C)C. The molecule has 0 bridgehead atoms. The number of aliphatic hydroxyl groups is 1. The van der Waals surface area contributed by atoms with Gasteiger partial charge in [0.25, 0.3) is 14.4 Å². The molecule has 3 atom stereocenters. The number of carbonyl (C=O) groups is 1. The van der Waals surface area contributed by atoms with E-state index in [2.05, 4.69) is 71.2 Å². The minimum absolute atomic E-state index is 0.0715. The lowest BCUT2D eigenvalue weighted by Gasteiger charge is -2.38. The predicted molar refractivity (Wildman–Crippen MR) is 162 cm³/mol.